The summed E-state index contributed by atoms with van der Waals surface area (Å²) in [5, 5.41) is 6.06. The first-order chi connectivity index (χ1) is 9.08. The summed E-state index contributed by atoms with van der Waals surface area (Å²) < 4.78 is 0. The van der Waals surface area contributed by atoms with Gasteiger partial charge in [0.1, 0.15) is 0 Å². The van der Waals surface area contributed by atoms with E-state index in [0.29, 0.717) is 6.04 Å². The second-order valence-corrected chi connectivity index (χ2v) is 5.78. The van der Waals surface area contributed by atoms with Gasteiger partial charge < -0.3 is 10.2 Å². The van der Waals surface area contributed by atoms with Gasteiger partial charge in [-0.1, -0.05) is 0 Å². The second kappa shape index (κ2) is 6.37. The minimum Gasteiger partial charge on any atom is -0.352 e. The van der Waals surface area contributed by atoms with Crippen molar-refractivity contribution in [3.05, 3.63) is 0 Å². The minimum absolute atomic E-state index is 0.000735. The Labute approximate surface area is 115 Å². The molecule has 0 aromatic carbocycles. The first-order valence-corrected chi connectivity index (χ1v) is 7.43. The quantitative estimate of drug-likeness (QED) is 0.768. The largest absolute Gasteiger partial charge is 0.352 e. The summed E-state index contributed by atoms with van der Waals surface area (Å²) in [7, 11) is 0. The average molecular weight is 267 g/mol. The van der Waals surface area contributed by atoms with Crippen molar-refractivity contribution in [3.63, 3.8) is 0 Å². The number of piperidine rings is 1. The van der Waals surface area contributed by atoms with Gasteiger partial charge in [0, 0.05) is 19.1 Å². The third-order valence-electron chi connectivity index (χ3n) is 3.86. The van der Waals surface area contributed by atoms with E-state index in [1.165, 1.54) is 6.42 Å². The first-order valence-electron chi connectivity index (χ1n) is 7.43. The molecule has 2 aliphatic rings. The van der Waals surface area contributed by atoms with Gasteiger partial charge in [0.15, 0.2) is 0 Å². The van der Waals surface area contributed by atoms with Gasteiger partial charge in [-0.2, -0.15) is 0 Å². The van der Waals surface area contributed by atoms with Gasteiger partial charge in [0.05, 0.1) is 12.1 Å². The first kappa shape index (κ1) is 14.3. The highest BCUT2D eigenvalue weighted by Gasteiger charge is 2.28. The van der Waals surface area contributed by atoms with Gasteiger partial charge in [-0.3, -0.25) is 14.9 Å². The van der Waals surface area contributed by atoms with Gasteiger partial charge >= 0.3 is 0 Å². The molecule has 2 rings (SSSR count). The lowest BCUT2D eigenvalue weighted by atomic mass is 10.1. The Morgan fingerprint density at radius 1 is 1.05 bits per heavy atom. The predicted molar refractivity (Wildman–Crippen MR) is 73.7 cm³/mol. The molecule has 1 heterocycles. The van der Waals surface area contributed by atoms with Crippen LogP contribution in [0.4, 0.5) is 0 Å². The molecule has 0 aromatic rings. The molecule has 108 valence electrons. The molecule has 19 heavy (non-hydrogen) atoms. The van der Waals surface area contributed by atoms with Crippen LogP contribution in [0.2, 0.25) is 0 Å². The number of nitrogens with zero attached hydrogens (tertiary/aromatic N) is 1. The molecule has 5 heteroatoms. The van der Waals surface area contributed by atoms with Crippen LogP contribution in [0.25, 0.3) is 0 Å². The minimum atomic E-state index is -0.315. The summed E-state index contributed by atoms with van der Waals surface area (Å²) in [5.41, 5.74) is 0. The topological polar surface area (TPSA) is 61.4 Å². The lowest BCUT2D eigenvalue weighted by Crippen LogP contribution is -2.53. The number of rotatable bonds is 5. The van der Waals surface area contributed by atoms with Crippen LogP contribution in [-0.2, 0) is 9.59 Å². The van der Waals surface area contributed by atoms with E-state index in [0.717, 1.165) is 38.8 Å². The lowest BCUT2D eigenvalue weighted by Gasteiger charge is -2.30. The van der Waals surface area contributed by atoms with Gasteiger partial charge in [-0.05, 0) is 46.0 Å². The fraction of sp³-hybridized carbons (Fsp3) is 0.857. The van der Waals surface area contributed by atoms with Crippen LogP contribution in [0, 0.1) is 0 Å². The van der Waals surface area contributed by atoms with Crippen LogP contribution in [0.3, 0.4) is 0 Å². The average Bonchev–Trinajstić information content (AvgIpc) is 3.22. The van der Waals surface area contributed by atoms with E-state index in [1.807, 2.05) is 18.7 Å². The Bertz CT molecular complexity index is 336. The van der Waals surface area contributed by atoms with Crippen molar-refractivity contribution in [2.45, 2.75) is 64.1 Å². The van der Waals surface area contributed by atoms with Crippen molar-refractivity contribution in [1.82, 2.24) is 15.5 Å². The van der Waals surface area contributed by atoms with Crippen LogP contribution in [0.5, 0.6) is 0 Å². The Morgan fingerprint density at radius 3 is 2.26 bits per heavy atom. The van der Waals surface area contributed by atoms with Crippen LogP contribution in [-0.4, -0.2) is 47.9 Å². The summed E-state index contributed by atoms with van der Waals surface area (Å²) in [4.78, 5) is 26.0. The Balaban J connectivity index is 1.76. The maximum atomic E-state index is 12.2. The normalized spacial score (nSPS) is 22.7. The number of hydrogen-bond acceptors (Lipinski definition) is 3. The Hall–Kier alpha value is -1.10. The molecule has 1 aliphatic heterocycles. The van der Waals surface area contributed by atoms with Crippen LogP contribution < -0.4 is 10.6 Å². The number of hydrogen-bond donors (Lipinski definition) is 2. The Morgan fingerprint density at radius 2 is 1.68 bits per heavy atom. The SMILES string of the molecule is CC(NC(C)C(=O)N1CCCCC1)C(=O)NC1CC1. The fourth-order valence-corrected chi connectivity index (χ4v) is 2.46. The molecule has 0 aromatic heterocycles. The molecule has 0 radical (unpaired) electrons. The molecule has 5 nitrogen and oxygen atoms in total. The summed E-state index contributed by atoms with van der Waals surface area (Å²) in [6.07, 6.45) is 5.57. The summed E-state index contributed by atoms with van der Waals surface area (Å²) in [5.74, 6) is 0.117. The van der Waals surface area contributed by atoms with E-state index in [2.05, 4.69) is 10.6 Å². The third kappa shape index (κ3) is 4.20. The van der Waals surface area contributed by atoms with Gasteiger partial charge in [-0.15, -0.1) is 0 Å². The summed E-state index contributed by atoms with van der Waals surface area (Å²) in [6.45, 7) is 5.37. The van der Waals surface area contributed by atoms with E-state index in [9.17, 15) is 9.59 Å². The Kier molecular flexibility index (Phi) is 4.80. The van der Waals surface area contributed by atoms with E-state index in [4.69, 9.17) is 0 Å². The molecule has 2 unspecified atom stereocenters. The van der Waals surface area contributed by atoms with E-state index >= 15 is 0 Å². The number of carbonyl (C=O) groups excluding carboxylic acids is 2. The molecule has 1 saturated carbocycles. The standard InChI is InChI=1S/C14H25N3O2/c1-10(13(18)16-12-6-7-12)15-11(2)14(19)17-8-4-3-5-9-17/h10-12,15H,3-9H2,1-2H3,(H,16,18). The molecule has 0 spiro atoms. The smallest absolute Gasteiger partial charge is 0.239 e. The molecule has 1 saturated heterocycles. The van der Waals surface area contributed by atoms with Crippen LogP contribution >= 0.6 is 0 Å². The number of nitrogens with one attached hydrogen (secondary N) is 2. The summed E-state index contributed by atoms with van der Waals surface area (Å²) >= 11 is 0. The predicted octanol–water partition coefficient (Wildman–Crippen LogP) is 0.644. The number of likely N-dealkylation sites (tertiary alicyclic amines) is 1. The van der Waals surface area contributed by atoms with Gasteiger partial charge in [0.2, 0.25) is 11.8 Å². The van der Waals surface area contributed by atoms with Crippen molar-refractivity contribution in [1.29, 1.82) is 0 Å². The van der Waals surface area contributed by atoms with Crippen LogP contribution in [0.1, 0.15) is 46.0 Å². The van der Waals surface area contributed by atoms with Crippen molar-refractivity contribution < 1.29 is 9.59 Å². The highest BCUT2D eigenvalue weighted by molar-refractivity contribution is 5.85. The van der Waals surface area contributed by atoms with Crippen molar-refractivity contribution >= 4 is 11.8 Å². The zero-order valence-corrected chi connectivity index (χ0v) is 11.9. The number of amides is 2. The van der Waals surface area contributed by atoms with E-state index in [-0.39, 0.29) is 23.9 Å². The molecular weight excluding hydrogens is 242 g/mol. The zero-order valence-electron chi connectivity index (χ0n) is 11.9. The molecule has 2 amide bonds. The molecule has 0 bridgehead atoms. The van der Waals surface area contributed by atoms with Crippen molar-refractivity contribution in [2.75, 3.05) is 13.1 Å². The highest BCUT2D eigenvalue weighted by Crippen LogP contribution is 2.18. The number of carbonyl (C=O) groups is 2. The highest BCUT2D eigenvalue weighted by atomic mass is 16.2. The lowest BCUT2D eigenvalue weighted by molar-refractivity contribution is -0.134. The molecule has 2 fully saturated rings. The van der Waals surface area contributed by atoms with Crippen molar-refractivity contribution in [3.8, 4) is 0 Å². The van der Waals surface area contributed by atoms with Gasteiger partial charge in [0.25, 0.3) is 0 Å². The second-order valence-electron chi connectivity index (χ2n) is 5.78. The fourth-order valence-electron chi connectivity index (χ4n) is 2.46. The summed E-state index contributed by atoms with van der Waals surface area (Å²) in [6, 6.07) is -0.243. The molecule has 1 aliphatic carbocycles. The zero-order chi connectivity index (χ0) is 13.8. The van der Waals surface area contributed by atoms with Crippen LogP contribution in [0.15, 0.2) is 0 Å². The van der Waals surface area contributed by atoms with E-state index in [1.54, 1.807) is 0 Å². The third-order valence-corrected chi connectivity index (χ3v) is 3.86. The van der Waals surface area contributed by atoms with E-state index < -0.39 is 0 Å². The van der Waals surface area contributed by atoms with Crippen molar-refractivity contribution in [2.24, 2.45) is 0 Å². The maximum Gasteiger partial charge on any atom is 0.239 e. The molecule has 2 atom stereocenters. The molecular formula is C14H25N3O2. The maximum absolute atomic E-state index is 12.2. The molecule has 2 N–H and O–H groups in total. The monoisotopic (exact) mass is 267 g/mol. The van der Waals surface area contributed by atoms with Gasteiger partial charge in [-0.25, -0.2) is 0 Å².